The standard InChI is InChI=1S/C8H16N2O2/c1-7(11)10-4-5-12-8(6-10)2-3-9/h8H,2-6,9H2,1H3/t8-/m1/s1. The molecule has 4 heteroatoms. The first kappa shape index (κ1) is 9.48. The summed E-state index contributed by atoms with van der Waals surface area (Å²) in [5, 5.41) is 0. The molecule has 0 bridgehead atoms. The molecule has 0 spiro atoms. The molecule has 12 heavy (non-hydrogen) atoms. The van der Waals surface area contributed by atoms with Gasteiger partial charge in [-0.15, -0.1) is 0 Å². The molecule has 4 nitrogen and oxygen atoms in total. The van der Waals surface area contributed by atoms with Crippen molar-refractivity contribution in [1.29, 1.82) is 0 Å². The van der Waals surface area contributed by atoms with Gasteiger partial charge in [0.2, 0.25) is 5.91 Å². The third-order valence-corrected chi connectivity index (χ3v) is 2.07. The first-order valence-corrected chi connectivity index (χ1v) is 4.31. The van der Waals surface area contributed by atoms with Gasteiger partial charge in [-0.3, -0.25) is 4.79 Å². The number of nitrogens with two attached hydrogens (primary N) is 1. The van der Waals surface area contributed by atoms with Gasteiger partial charge < -0.3 is 15.4 Å². The minimum absolute atomic E-state index is 0.125. The molecule has 1 saturated heterocycles. The van der Waals surface area contributed by atoms with Crippen LogP contribution in [0.25, 0.3) is 0 Å². The number of carbonyl (C=O) groups is 1. The van der Waals surface area contributed by atoms with Crippen molar-refractivity contribution in [2.45, 2.75) is 19.4 Å². The highest BCUT2D eigenvalue weighted by Crippen LogP contribution is 2.07. The van der Waals surface area contributed by atoms with Crippen molar-refractivity contribution in [3.05, 3.63) is 0 Å². The van der Waals surface area contributed by atoms with Gasteiger partial charge in [-0.25, -0.2) is 0 Å². The molecule has 0 aliphatic carbocycles. The Kier molecular flexibility index (Phi) is 3.49. The molecular formula is C8H16N2O2. The first-order valence-electron chi connectivity index (χ1n) is 4.31. The van der Waals surface area contributed by atoms with Gasteiger partial charge in [0.05, 0.1) is 12.7 Å². The Labute approximate surface area is 72.7 Å². The molecule has 1 rings (SSSR count). The molecule has 1 heterocycles. The Balaban J connectivity index is 2.35. The van der Waals surface area contributed by atoms with Gasteiger partial charge in [-0.2, -0.15) is 0 Å². The van der Waals surface area contributed by atoms with Gasteiger partial charge in [0.15, 0.2) is 0 Å². The fraction of sp³-hybridized carbons (Fsp3) is 0.875. The van der Waals surface area contributed by atoms with E-state index in [0.29, 0.717) is 19.7 Å². The molecule has 1 atom stereocenters. The van der Waals surface area contributed by atoms with Crippen LogP contribution in [0.15, 0.2) is 0 Å². The zero-order valence-corrected chi connectivity index (χ0v) is 7.45. The summed E-state index contributed by atoms with van der Waals surface area (Å²) >= 11 is 0. The van der Waals surface area contributed by atoms with Crippen LogP contribution in [0.3, 0.4) is 0 Å². The largest absolute Gasteiger partial charge is 0.374 e. The van der Waals surface area contributed by atoms with E-state index in [1.807, 2.05) is 4.90 Å². The molecule has 1 amide bonds. The Hall–Kier alpha value is -0.610. The van der Waals surface area contributed by atoms with Crippen molar-refractivity contribution in [2.75, 3.05) is 26.2 Å². The summed E-state index contributed by atoms with van der Waals surface area (Å²) in [5.41, 5.74) is 5.40. The molecule has 0 aromatic carbocycles. The zero-order valence-electron chi connectivity index (χ0n) is 7.45. The summed E-state index contributed by atoms with van der Waals surface area (Å²) in [7, 11) is 0. The van der Waals surface area contributed by atoms with E-state index < -0.39 is 0 Å². The highest BCUT2D eigenvalue weighted by atomic mass is 16.5. The van der Waals surface area contributed by atoms with Gasteiger partial charge in [-0.1, -0.05) is 0 Å². The van der Waals surface area contributed by atoms with E-state index >= 15 is 0 Å². The first-order chi connectivity index (χ1) is 5.74. The molecule has 0 saturated carbocycles. The van der Waals surface area contributed by atoms with Crippen LogP contribution < -0.4 is 5.73 Å². The Bertz CT molecular complexity index is 159. The van der Waals surface area contributed by atoms with Gasteiger partial charge in [0.1, 0.15) is 0 Å². The highest BCUT2D eigenvalue weighted by molar-refractivity contribution is 5.73. The van der Waals surface area contributed by atoms with Crippen molar-refractivity contribution in [3.8, 4) is 0 Å². The van der Waals surface area contributed by atoms with E-state index in [9.17, 15) is 4.79 Å². The summed E-state index contributed by atoms with van der Waals surface area (Å²) in [6.07, 6.45) is 0.983. The van der Waals surface area contributed by atoms with Crippen LogP contribution in [0.2, 0.25) is 0 Å². The number of carbonyl (C=O) groups excluding carboxylic acids is 1. The second kappa shape index (κ2) is 4.42. The Morgan fingerprint density at radius 2 is 2.50 bits per heavy atom. The van der Waals surface area contributed by atoms with Gasteiger partial charge in [-0.05, 0) is 13.0 Å². The van der Waals surface area contributed by atoms with Crippen LogP contribution in [0, 0.1) is 0 Å². The van der Waals surface area contributed by atoms with E-state index in [0.717, 1.165) is 13.0 Å². The lowest BCUT2D eigenvalue weighted by atomic mass is 10.2. The van der Waals surface area contributed by atoms with E-state index in [1.165, 1.54) is 0 Å². The summed E-state index contributed by atoms with van der Waals surface area (Å²) < 4.78 is 5.42. The maximum absolute atomic E-state index is 11.0. The number of nitrogens with zero attached hydrogens (tertiary/aromatic N) is 1. The predicted octanol–water partition coefficient (Wildman–Crippen LogP) is -0.417. The third-order valence-electron chi connectivity index (χ3n) is 2.07. The molecule has 1 aliphatic rings. The summed E-state index contributed by atoms with van der Waals surface area (Å²) in [5.74, 6) is 0.125. The van der Waals surface area contributed by atoms with Gasteiger partial charge in [0.25, 0.3) is 0 Å². The van der Waals surface area contributed by atoms with Crippen molar-refractivity contribution in [3.63, 3.8) is 0 Å². The van der Waals surface area contributed by atoms with Crippen LogP contribution in [0.5, 0.6) is 0 Å². The molecule has 0 radical (unpaired) electrons. The van der Waals surface area contributed by atoms with Crippen molar-refractivity contribution < 1.29 is 9.53 Å². The molecular weight excluding hydrogens is 156 g/mol. The molecule has 0 unspecified atom stereocenters. The maximum atomic E-state index is 11.0. The second-order valence-corrected chi connectivity index (χ2v) is 3.04. The van der Waals surface area contributed by atoms with Crippen LogP contribution in [0.1, 0.15) is 13.3 Å². The number of morpholine rings is 1. The monoisotopic (exact) mass is 172 g/mol. The number of hydrogen-bond acceptors (Lipinski definition) is 3. The SMILES string of the molecule is CC(=O)N1CCO[C@H](CCN)C1. The lowest BCUT2D eigenvalue weighted by Gasteiger charge is -2.32. The lowest BCUT2D eigenvalue weighted by Crippen LogP contribution is -2.45. The molecule has 2 N–H and O–H groups in total. The van der Waals surface area contributed by atoms with Gasteiger partial charge in [0, 0.05) is 20.0 Å². The molecule has 70 valence electrons. The number of ether oxygens (including phenoxy) is 1. The van der Waals surface area contributed by atoms with E-state index in [-0.39, 0.29) is 12.0 Å². The zero-order chi connectivity index (χ0) is 8.97. The number of hydrogen-bond donors (Lipinski definition) is 1. The average Bonchev–Trinajstić information content (AvgIpc) is 2.05. The summed E-state index contributed by atoms with van der Waals surface area (Å²) in [4.78, 5) is 12.8. The Morgan fingerprint density at radius 1 is 1.75 bits per heavy atom. The lowest BCUT2D eigenvalue weighted by molar-refractivity contribution is -0.136. The van der Waals surface area contributed by atoms with E-state index in [1.54, 1.807) is 6.92 Å². The average molecular weight is 172 g/mol. The molecule has 0 aromatic heterocycles. The van der Waals surface area contributed by atoms with E-state index in [2.05, 4.69) is 0 Å². The quantitative estimate of drug-likeness (QED) is 0.615. The van der Waals surface area contributed by atoms with Crippen molar-refractivity contribution in [1.82, 2.24) is 4.90 Å². The minimum atomic E-state index is 0.125. The van der Waals surface area contributed by atoms with E-state index in [4.69, 9.17) is 10.5 Å². The minimum Gasteiger partial charge on any atom is -0.374 e. The van der Waals surface area contributed by atoms with Crippen LogP contribution in [0.4, 0.5) is 0 Å². The molecule has 0 aromatic rings. The third kappa shape index (κ3) is 2.46. The van der Waals surface area contributed by atoms with Crippen molar-refractivity contribution >= 4 is 5.91 Å². The second-order valence-electron chi connectivity index (χ2n) is 3.04. The van der Waals surface area contributed by atoms with Crippen LogP contribution in [-0.4, -0.2) is 43.2 Å². The predicted molar refractivity (Wildman–Crippen MR) is 45.7 cm³/mol. The number of rotatable bonds is 2. The fourth-order valence-electron chi connectivity index (χ4n) is 1.37. The highest BCUT2D eigenvalue weighted by Gasteiger charge is 2.20. The number of amides is 1. The maximum Gasteiger partial charge on any atom is 0.219 e. The topological polar surface area (TPSA) is 55.6 Å². The summed E-state index contributed by atoms with van der Waals surface area (Å²) in [6, 6.07) is 0. The summed E-state index contributed by atoms with van der Waals surface area (Å²) in [6.45, 7) is 4.27. The van der Waals surface area contributed by atoms with Crippen LogP contribution in [-0.2, 0) is 9.53 Å². The Morgan fingerprint density at radius 3 is 3.08 bits per heavy atom. The fourth-order valence-corrected chi connectivity index (χ4v) is 1.37. The smallest absolute Gasteiger partial charge is 0.219 e. The normalized spacial score (nSPS) is 24.2. The van der Waals surface area contributed by atoms with Crippen molar-refractivity contribution in [2.24, 2.45) is 5.73 Å². The van der Waals surface area contributed by atoms with Crippen LogP contribution >= 0.6 is 0 Å². The molecule has 1 aliphatic heterocycles. The van der Waals surface area contributed by atoms with Gasteiger partial charge >= 0.3 is 0 Å². The molecule has 1 fully saturated rings.